The van der Waals surface area contributed by atoms with Gasteiger partial charge in [-0.3, -0.25) is 9.69 Å². The van der Waals surface area contributed by atoms with Crippen molar-refractivity contribution in [1.29, 1.82) is 0 Å². The molecule has 2 fully saturated rings. The standard InChI is InChI=1S/C13H25N3O/c14-11-5-4-8-16(9-11)10-13(17)15-12-6-2-1-3-7-12/h11-12H,1-10,14H2,(H,15,17)/t11-/m0/s1. The number of nitrogens with two attached hydrogens (primary N) is 1. The molecule has 1 atom stereocenters. The first-order valence-corrected chi connectivity index (χ1v) is 7.01. The molecule has 1 amide bonds. The molecule has 3 N–H and O–H groups in total. The summed E-state index contributed by atoms with van der Waals surface area (Å²) in [6.07, 6.45) is 8.39. The molecule has 4 nitrogen and oxygen atoms in total. The third-order valence-electron chi connectivity index (χ3n) is 3.88. The molecule has 0 radical (unpaired) electrons. The Labute approximate surface area is 104 Å². The summed E-state index contributed by atoms with van der Waals surface area (Å²) in [5.41, 5.74) is 5.91. The van der Waals surface area contributed by atoms with Crippen LogP contribution in [-0.4, -0.2) is 42.5 Å². The number of likely N-dealkylation sites (tertiary alicyclic amines) is 1. The normalized spacial score (nSPS) is 27.9. The van der Waals surface area contributed by atoms with E-state index in [1.54, 1.807) is 0 Å². The average Bonchev–Trinajstić information content (AvgIpc) is 2.30. The van der Waals surface area contributed by atoms with E-state index < -0.39 is 0 Å². The fourth-order valence-corrected chi connectivity index (χ4v) is 2.96. The second kappa shape index (κ2) is 6.36. The molecule has 1 aliphatic carbocycles. The van der Waals surface area contributed by atoms with E-state index in [9.17, 15) is 4.79 Å². The minimum atomic E-state index is 0.186. The largest absolute Gasteiger partial charge is 0.352 e. The van der Waals surface area contributed by atoms with Crippen LogP contribution >= 0.6 is 0 Å². The topological polar surface area (TPSA) is 58.4 Å². The highest BCUT2D eigenvalue weighted by atomic mass is 16.2. The Morgan fingerprint density at radius 3 is 2.65 bits per heavy atom. The number of carbonyl (C=O) groups excluding carboxylic acids is 1. The van der Waals surface area contributed by atoms with Gasteiger partial charge in [0.15, 0.2) is 0 Å². The summed E-state index contributed by atoms with van der Waals surface area (Å²) in [7, 11) is 0. The zero-order chi connectivity index (χ0) is 12.1. The minimum Gasteiger partial charge on any atom is -0.352 e. The lowest BCUT2D eigenvalue weighted by molar-refractivity contribution is -0.123. The van der Waals surface area contributed by atoms with Crippen molar-refractivity contribution < 1.29 is 4.79 Å². The monoisotopic (exact) mass is 239 g/mol. The Morgan fingerprint density at radius 1 is 1.18 bits per heavy atom. The molecule has 0 bridgehead atoms. The van der Waals surface area contributed by atoms with Crippen molar-refractivity contribution >= 4 is 5.91 Å². The van der Waals surface area contributed by atoms with Crippen LogP contribution in [0.15, 0.2) is 0 Å². The van der Waals surface area contributed by atoms with Gasteiger partial charge in [-0.15, -0.1) is 0 Å². The number of hydrogen-bond acceptors (Lipinski definition) is 3. The van der Waals surface area contributed by atoms with Gasteiger partial charge in [0.05, 0.1) is 6.54 Å². The van der Waals surface area contributed by atoms with Gasteiger partial charge in [0, 0.05) is 18.6 Å². The molecule has 1 heterocycles. The van der Waals surface area contributed by atoms with Crippen molar-refractivity contribution in [3.63, 3.8) is 0 Å². The number of amides is 1. The predicted molar refractivity (Wildman–Crippen MR) is 68.7 cm³/mol. The molecule has 4 heteroatoms. The van der Waals surface area contributed by atoms with Crippen LogP contribution in [-0.2, 0) is 4.79 Å². The third kappa shape index (κ3) is 4.28. The van der Waals surface area contributed by atoms with E-state index in [1.165, 1.54) is 19.3 Å². The van der Waals surface area contributed by atoms with Crippen molar-refractivity contribution in [1.82, 2.24) is 10.2 Å². The zero-order valence-corrected chi connectivity index (χ0v) is 10.7. The summed E-state index contributed by atoms with van der Waals surface area (Å²) >= 11 is 0. The number of nitrogens with zero attached hydrogens (tertiary/aromatic N) is 1. The van der Waals surface area contributed by atoms with Crippen LogP contribution in [0.25, 0.3) is 0 Å². The Morgan fingerprint density at radius 2 is 1.94 bits per heavy atom. The third-order valence-corrected chi connectivity index (χ3v) is 3.88. The smallest absolute Gasteiger partial charge is 0.234 e. The van der Waals surface area contributed by atoms with Crippen molar-refractivity contribution in [2.75, 3.05) is 19.6 Å². The maximum atomic E-state index is 11.9. The first-order valence-electron chi connectivity index (χ1n) is 7.01. The first kappa shape index (κ1) is 12.8. The summed E-state index contributed by atoms with van der Waals surface area (Å²) in [6.45, 7) is 2.42. The van der Waals surface area contributed by atoms with Crippen LogP contribution in [0.4, 0.5) is 0 Å². The van der Waals surface area contributed by atoms with Crippen LogP contribution in [0.1, 0.15) is 44.9 Å². The average molecular weight is 239 g/mol. The number of rotatable bonds is 3. The molecule has 1 saturated heterocycles. The van der Waals surface area contributed by atoms with Crippen molar-refractivity contribution in [2.45, 2.75) is 57.0 Å². The molecule has 1 saturated carbocycles. The fourth-order valence-electron chi connectivity index (χ4n) is 2.96. The maximum absolute atomic E-state index is 11.9. The van der Waals surface area contributed by atoms with Gasteiger partial charge < -0.3 is 11.1 Å². The van der Waals surface area contributed by atoms with E-state index >= 15 is 0 Å². The Bertz CT molecular complexity index is 251. The van der Waals surface area contributed by atoms with E-state index in [-0.39, 0.29) is 11.9 Å². The summed E-state index contributed by atoms with van der Waals surface area (Å²) < 4.78 is 0. The Hall–Kier alpha value is -0.610. The van der Waals surface area contributed by atoms with E-state index in [2.05, 4.69) is 10.2 Å². The number of nitrogens with one attached hydrogen (secondary N) is 1. The summed E-state index contributed by atoms with van der Waals surface area (Å²) in [5, 5.41) is 3.16. The van der Waals surface area contributed by atoms with Crippen LogP contribution in [0, 0.1) is 0 Å². The lowest BCUT2D eigenvalue weighted by Gasteiger charge is -2.31. The SMILES string of the molecule is N[C@H]1CCCN(CC(=O)NC2CCCCC2)C1. The van der Waals surface area contributed by atoms with Crippen molar-refractivity contribution in [2.24, 2.45) is 5.73 Å². The maximum Gasteiger partial charge on any atom is 0.234 e. The van der Waals surface area contributed by atoms with Gasteiger partial charge in [-0.1, -0.05) is 19.3 Å². The van der Waals surface area contributed by atoms with E-state index in [0.29, 0.717) is 12.6 Å². The lowest BCUT2D eigenvalue weighted by Crippen LogP contribution is -2.48. The van der Waals surface area contributed by atoms with E-state index in [4.69, 9.17) is 5.73 Å². The van der Waals surface area contributed by atoms with Gasteiger partial charge in [-0.25, -0.2) is 0 Å². The summed E-state index contributed by atoms with van der Waals surface area (Å²) in [4.78, 5) is 14.1. The molecular weight excluding hydrogens is 214 g/mol. The van der Waals surface area contributed by atoms with Crippen molar-refractivity contribution in [3.05, 3.63) is 0 Å². The Balaban J connectivity index is 1.68. The quantitative estimate of drug-likeness (QED) is 0.768. The highest BCUT2D eigenvalue weighted by molar-refractivity contribution is 5.78. The fraction of sp³-hybridized carbons (Fsp3) is 0.923. The highest BCUT2D eigenvalue weighted by Gasteiger charge is 2.21. The number of piperidine rings is 1. The first-order chi connectivity index (χ1) is 8.24. The van der Waals surface area contributed by atoms with Gasteiger partial charge >= 0.3 is 0 Å². The summed E-state index contributed by atoms with van der Waals surface area (Å²) in [5.74, 6) is 0.186. The van der Waals surface area contributed by atoms with Crippen LogP contribution < -0.4 is 11.1 Å². The second-order valence-corrected chi connectivity index (χ2v) is 5.54. The highest BCUT2D eigenvalue weighted by Crippen LogP contribution is 2.17. The molecule has 0 aromatic carbocycles. The number of hydrogen-bond donors (Lipinski definition) is 2. The molecule has 0 aromatic heterocycles. The Kier molecular flexibility index (Phi) is 4.80. The van der Waals surface area contributed by atoms with Crippen LogP contribution in [0.3, 0.4) is 0 Å². The zero-order valence-electron chi connectivity index (χ0n) is 10.7. The molecular formula is C13H25N3O. The van der Waals surface area contributed by atoms with Gasteiger partial charge in [0.1, 0.15) is 0 Å². The minimum absolute atomic E-state index is 0.186. The van der Waals surface area contributed by atoms with Gasteiger partial charge in [0.25, 0.3) is 0 Å². The van der Waals surface area contributed by atoms with Crippen molar-refractivity contribution in [3.8, 4) is 0 Å². The van der Waals surface area contributed by atoms with Crippen LogP contribution in [0.5, 0.6) is 0 Å². The second-order valence-electron chi connectivity index (χ2n) is 5.54. The molecule has 2 rings (SSSR count). The molecule has 0 unspecified atom stereocenters. The van der Waals surface area contributed by atoms with Gasteiger partial charge in [0.2, 0.25) is 5.91 Å². The predicted octanol–water partition coefficient (Wildman–Crippen LogP) is 0.858. The number of carbonyl (C=O) groups is 1. The molecule has 17 heavy (non-hydrogen) atoms. The molecule has 0 aromatic rings. The molecule has 2 aliphatic rings. The lowest BCUT2D eigenvalue weighted by atomic mass is 9.95. The molecule has 0 spiro atoms. The molecule has 1 aliphatic heterocycles. The van der Waals surface area contributed by atoms with E-state index in [0.717, 1.165) is 38.8 Å². The van der Waals surface area contributed by atoms with E-state index in [1.807, 2.05) is 0 Å². The van der Waals surface area contributed by atoms with Crippen LogP contribution in [0.2, 0.25) is 0 Å². The summed E-state index contributed by atoms with van der Waals surface area (Å²) in [6, 6.07) is 0.681. The van der Waals surface area contributed by atoms with Gasteiger partial charge in [-0.05, 0) is 32.2 Å². The molecule has 98 valence electrons. The van der Waals surface area contributed by atoms with Gasteiger partial charge in [-0.2, -0.15) is 0 Å².